The van der Waals surface area contributed by atoms with Gasteiger partial charge >= 0.3 is 0 Å². The van der Waals surface area contributed by atoms with Crippen molar-refractivity contribution in [1.29, 1.82) is 0 Å². The maximum atomic E-state index is 12.5. The Hall–Kier alpha value is -2.22. The topological polar surface area (TPSA) is 60.9 Å². The molecule has 3 heterocycles. The van der Waals surface area contributed by atoms with Gasteiger partial charge in [-0.2, -0.15) is 0 Å². The molecule has 0 spiro atoms. The molecule has 0 bridgehead atoms. The number of nitrogens with zero attached hydrogens (tertiary/aromatic N) is 3. The van der Waals surface area contributed by atoms with E-state index in [0.29, 0.717) is 13.1 Å². The monoisotopic (exact) mass is 445 g/mol. The number of imide groups is 1. The summed E-state index contributed by atoms with van der Waals surface area (Å²) in [5.74, 6) is -0.311. The largest absolute Gasteiger partial charge is 0.340 e. The van der Waals surface area contributed by atoms with E-state index in [0.717, 1.165) is 35.1 Å². The number of piperazine rings is 1. The number of hydrogen-bond donors (Lipinski definition) is 0. The minimum atomic E-state index is -0.162. The second-order valence-electron chi connectivity index (χ2n) is 7.59. The van der Waals surface area contributed by atoms with E-state index in [-0.39, 0.29) is 43.5 Å². The van der Waals surface area contributed by atoms with E-state index in [4.69, 9.17) is 11.6 Å². The molecule has 1 aromatic heterocycles. The zero-order chi connectivity index (χ0) is 21.1. The van der Waals surface area contributed by atoms with Crippen LogP contribution in [0.1, 0.15) is 24.1 Å². The number of rotatable bonds is 6. The number of carbonyl (C=O) groups is 3. The van der Waals surface area contributed by atoms with Crippen molar-refractivity contribution in [3.8, 4) is 10.4 Å². The molecular formula is C22H24ClN3O3S. The van der Waals surface area contributed by atoms with Crippen LogP contribution in [0.2, 0.25) is 5.02 Å². The Morgan fingerprint density at radius 2 is 1.67 bits per heavy atom. The summed E-state index contributed by atoms with van der Waals surface area (Å²) in [6.45, 7) is 4.02. The standard InChI is InChI=1S/C22H24ClN3O3S/c23-18-4-2-1-3-17(18)19-6-5-16(30-19)15-24-11-13-25(14-12-24)20(27)9-10-26-21(28)7-8-22(26)29/h1-6H,7-15H2. The van der Waals surface area contributed by atoms with Crippen molar-refractivity contribution in [3.05, 3.63) is 46.3 Å². The summed E-state index contributed by atoms with van der Waals surface area (Å²) in [5.41, 5.74) is 1.06. The number of hydrogen-bond acceptors (Lipinski definition) is 5. The first kappa shape index (κ1) is 21.0. The van der Waals surface area contributed by atoms with Crippen molar-refractivity contribution >= 4 is 40.7 Å². The van der Waals surface area contributed by atoms with Gasteiger partial charge in [-0.25, -0.2) is 0 Å². The number of benzene rings is 1. The highest BCUT2D eigenvalue weighted by Gasteiger charge is 2.30. The lowest BCUT2D eigenvalue weighted by atomic mass is 10.2. The molecule has 2 aliphatic rings. The molecule has 30 heavy (non-hydrogen) atoms. The average molecular weight is 446 g/mol. The lowest BCUT2D eigenvalue weighted by molar-refractivity contribution is -0.139. The van der Waals surface area contributed by atoms with Gasteiger partial charge in [0.15, 0.2) is 0 Å². The van der Waals surface area contributed by atoms with Crippen LogP contribution in [0.5, 0.6) is 0 Å². The van der Waals surface area contributed by atoms with Crippen LogP contribution in [-0.4, -0.2) is 65.1 Å². The van der Waals surface area contributed by atoms with Gasteiger partial charge in [0.25, 0.3) is 0 Å². The van der Waals surface area contributed by atoms with Crippen molar-refractivity contribution in [2.45, 2.75) is 25.8 Å². The number of carbonyl (C=O) groups excluding carboxylic acids is 3. The predicted molar refractivity (Wildman–Crippen MR) is 117 cm³/mol. The van der Waals surface area contributed by atoms with E-state index in [1.54, 1.807) is 11.3 Å². The van der Waals surface area contributed by atoms with Crippen LogP contribution in [0.15, 0.2) is 36.4 Å². The molecule has 1 aromatic carbocycles. The smallest absolute Gasteiger partial charge is 0.229 e. The van der Waals surface area contributed by atoms with Gasteiger partial charge in [-0.3, -0.25) is 24.2 Å². The van der Waals surface area contributed by atoms with Gasteiger partial charge in [-0.05, 0) is 18.2 Å². The van der Waals surface area contributed by atoms with Gasteiger partial charge in [0.2, 0.25) is 17.7 Å². The molecule has 2 aromatic rings. The van der Waals surface area contributed by atoms with Gasteiger partial charge in [-0.15, -0.1) is 11.3 Å². The normalized spacial score (nSPS) is 17.8. The molecule has 0 aliphatic carbocycles. The van der Waals surface area contributed by atoms with Crippen molar-refractivity contribution in [2.75, 3.05) is 32.7 Å². The van der Waals surface area contributed by atoms with Crippen molar-refractivity contribution in [1.82, 2.24) is 14.7 Å². The van der Waals surface area contributed by atoms with Crippen LogP contribution in [0.4, 0.5) is 0 Å². The Balaban J connectivity index is 1.25. The summed E-state index contributed by atoms with van der Waals surface area (Å²) >= 11 is 8.05. The third kappa shape index (κ3) is 4.74. The van der Waals surface area contributed by atoms with Crippen molar-refractivity contribution in [2.24, 2.45) is 0 Å². The van der Waals surface area contributed by atoms with Crippen molar-refractivity contribution < 1.29 is 14.4 Å². The van der Waals surface area contributed by atoms with E-state index in [1.165, 1.54) is 9.78 Å². The van der Waals surface area contributed by atoms with Gasteiger partial charge in [0.1, 0.15) is 0 Å². The molecule has 0 unspecified atom stereocenters. The highest BCUT2D eigenvalue weighted by Crippen LogP contribution is 2.33. The lowest BCUT2D eigenvalue weighted by Gasteiger charge is -2.34. The van der Waals surface area contributed by atoms with Crippen LogP contribution >= 0.6 is 22.9 Å². The Kier molecular flexibility index (Phi) is 6.51. The predicted octanol–water partition coefficient (Wildman–Crippen LogP) is 3.25. The summed E-state index contributed by atoms with van der Waals surface area (Å²) in [7, 11) is 0. The average Bonchev–Trinajstić information content (AvgIpc) is 3.33. The molecule has 2 saturated heterocycles. The van der Waals surface area contributed by atoms with Gasteiger partial charge in [0.05, 0.1) is 0 Å². The zero-order valence-electron chi connectivity index (χ0n) is 16.7. The van der Waals surface area contributed by atoms with Crippen LogP contribution in [0.3, 0.4) is 0 Å². The molecule has 158 valence electrons. The molecule has 3 amide bonds. The van der Waals surface area contributed by atoms with E-state index >= 15 is 0 Å². The van der Waals surface area contributed by atoms with E-state index < -0.39 is 0 Å². The van der Waals surface area contributed by atoms with E-state index in [9.17, 15) is 14.4 Å². The number of thiophene rings is 1. The van der Waals surface area contributed by atoms with E-state index in [1.807, 2.05) is 29.2 Å². The molecule has 6 nitrogen and oxygen atoms in total. The maximum absolute atomic E-state index is 12.5. The van der Waals surface area contributed by atoms with Gasteiger partial charge in [-0.1, -0.05) is 29.8 Å². The van der Waals surface area contributed by atoms with Crippen LogP contribution < -0.4 is 0 Å². The van der Waals surface area contributed by atoms with Crippen molar-refractivity contribution in [3.63, 3.8) is 0 Å². The fourth-order valence-electron chi connectivity index (χ4n) is 3.88. The SMILES string of the molecule is O=C(CCN1C(=O)CCC1=O)N1CCN(Cc2ccc(-c3ccccc3Cl)s2)CC1. The molecule has 0 atom stereocenters. The van der Waals surface area contributed by atoms with Gasteiger partial charge in [0, 0.05) is 78.9 Å². The molecule has 8 heteroatoms. The summed E-state index contributed by atoms with van der Waals surface area (Å²) in [6, 6.07) is 12.1. The Bertz CT molecular complexity index is 937. The first-order valence-electron chi connectivity index (χ1n) is 10.2. The fraction of sp³-hybridized carbons (Fsp3) is 0.409. The number of likely N-dealkylation sites (tertiary alicyclic amines) is 1. The molecule has 0 radical (unpaired) electrons. The second kappa shape index (κ2) is 9.29. The first-order chi connectivity index (χ1) is 14.5. The molecule has 0 N–H and O–H groups in total. The zero-order valence-corrected chi connectivity index (χ0v) is 18.3. The third-order valence-corrected chi connectivity index (χ3v) is 7.04. The highest BCUT2D eigenvalue weighted by molar-refractivity contribution is 7.15. The van der Waals surface area contributed by atoms with E-state index in [2.05, 4.69) is 17.0 Å². The second-order valence-corrected chi connectivity index (χ2v) is 9.17. The third-order valence-electron chi connectivity index (χ3n) is 5.61. The molecule has 2 fully saturated rings. The summed E-state index contributed by atoms with van der Waals surface area (Å²) in [5, 5.41) is 0.760. The summed E-state index contributed by atoms with van der Waals surface area (Å²) in [6.07, 6.45) is 0.753. The fourth-order valence-corrected chi connectivity index (χ4v) is 5.27. The lowest BCUT2D eigenvalue weighted by Crippen LogP contribution is -2.48. The summed E-state index contributed by atoms with van der Waals surface area (Å²) < 4.78 is 0. The quantitative estimate of drug-likeness (QED) is 0.640. The number of amides is 3. The Morgan fingerprint density at radius 1 is 0.967 bits per heavy atom. The Morgan fingerprint density at radius 3 is 2.37 bits per heavy atom. The first-order valence-corrected chi connectivity index (χ1v) is 11.4. The Labute approximate surface area is 185 Å². The number of halogens is 1. The molecule has 4 rings (SSSR count). The van der Waals surface area contributed by atoms with Crippen LogP contribution in [0, 0.1) is 0 Å². The highest BCUT2D eigenvalue weighted by atomic mass is 35.5. The molecule has 2 aliphatic heterocycles. The molecular weight excluding hydrogens is 422 g/mol. The summed E-state index contributed by atoms with van der Waals surface area (Å²) in [4.78, 5) is 43.7. The van der Waals surface area contributed by atoms with Crippen LogP contribution in [-0.2, 0) is 20.9 Å². The minimum Gasteiger partial charge on any atom is -0.340 e. The maximum Gasteiger partial charge on any atom is 0.229 e. The van der Waals surface area contributed by atoms with Gasteiger partial charge < -0.3 is 4.90 Å². The molecule has 0 saturated carbocycles. The minimum absolute atomic E-state index is 0.0132. The van der Waals surface area contributed by atoms with Crippen LogP contribution in [0.25, 0.3) is 10.4 Å².